The number of hydrogen-bond acceptors (Lipinski definition) is 3. The van der Waals surface area contributed by atoms with E-state index in [0.29, 0.717) is 4.47 Å². The standard InChI is InChI=1S/C10H10BrNO4/c1-5(9(12)13)16-6-2-3-8(11)7(4-6)10(14)15/h2-5H,1H3,(H2,12,13)(H,14,15). The Labute approximate surface area is 100 Å². The molecule has 0 fully saturated rings. The van der Waals surface area contributed by atoms with Crippen LogP contribution < -0.4 is 10.5 Å². The summed E-state index contributed by atoms with van der Waals surface area (Å²) < 4.78 is 5.61. The van der Waals surface area contributed by atoms with Crippen LogP contribution in [0.2, 0.25) is 0 Å². The van der Waals surface area contributed by atoms with Crippen molar-refractivity contribution in [1.82, 2.24) is 0 Å². The maximum Gasteiger partial charge on any atom is 0.336 e. The van der Waals surface area contributed by atoms with E-state index in [2.05, 4.69) is 15.9 Å². The van der Waals surface area contributed by atoms with Crippen LogP contribution in [-0.2, 0) is 4.79 Å². The zero-order valence-electron chi connectivity index (χ0n) is 8.44. The highest BCUT2D eigenvalue weighted by Crippen LogP contribution is 2.23. The normalized spacial score (nSPS) is 11.9. The number of carbonyl (C=O) groups is 2. The highest BCUT2D eigenvalue weighted by atomic mass is 79.9. The highest BCUT2D eigenvalue weighted by molar-refractivity contribution is 9.10. The molecule has 0 saturated heterocycles. The maximum atomic E-state index is 10.8. The maximum absolute atomic E-state index is 10.8. The van der Waals surface area contributed by atoms with Gasteiger partial charge in [-0.1, -0.05) is 0 Å². The summed E-state index contributed by atoms with van der Waals surface area (Å²) in [5.41, 5.74) is 5.09. The summed E-state index contributed by atoms with van der Waals surface area (Å²) in [6.07, 6.45) is -0.803. The monoisotopic (exact) mass is 287 g/mol. The van der Waals surface area contributed by atoms with Crippen LogP contribution in [0.25, 0.3) is 0 Å². The molecule has 1 rings (SSSR count). The molecule has 0 aliphatic rings. The third-order valence-corrected chi connectivity index (χ3v) is 2.57. The van der Waals surface area contributed by atoms with Crippen molar-refractivity contribution in [3.8, 4) is 5.75 Å². The first kappa shape index (κ1) is 12.5. The molecule has 0 spiro atoms. The molecule has 5 nitrogen and oxygen atoms in total. The van der Waals surface area contributed by atoms with E-state index in [9.17, 15) is 9.59 Å². The van der Waals surface area contributed by atoms with Crippen molar-refractivity contribution in [1.29, 1.82) is 0 Å². The molecule has 1 atom stereocenters. The van der Waals surface area contributed by atoms with Gasteiger partial charge in [0.1, 0.15) is 5.75 Å². The lowest BCUT2D eigenvalue weighted by molar-refractivity contribution is -0.123. The van der Waals surface area contributed by atoms with Crippen LogP contribution in [0.3, 0.4) is 0 Å². The highest BCUT2D eigenvalue weighted by Gasteiger charge is 2.13. The predicted molar refractivity (Wildman–Crippen MR) is 60.4 cm³/mol. The minimum atomic E-state index is -1.08. The number of carboxylic acids is 1. The summed E-state index contributed by atoms with van der Waals surface area (Å²) in [5.74, 6) is -1.41. The number of rotatable bonds is 4. The van der Waals surface area contributed by atoms with Gasteiger partial charge in [-0.25, -0.2) is 4.79 Å². The van der Waals surface area contributed by atoms with Crippen molar-refractivity contribution in [2.45, 2.75) is 13.0 Å². The zero-order chi connectivity index (χ0) is 12.3. The number of aromatic carboxylic acids is 1. The number of hydrogen-bond donors (Lipinski definition) is 2. The number of carbonyl (C=O) groups excluding carboxylic acids is 1. The number of halogens is 1. The van der Waals surface area contributed by atoms with Crippen molar-refractivity contribution >= 4 is 27.8 Å². The van der Waals surface area contributed by atoms with Crippen LogP contribution in [-0.4, -0.2) is 23.1 Å². The van der Waals surface area contributed by atoms with Crippen molar-refractivity contribution in [2.75, 3.05) is 0 Å². The molecule has 1 aromatic carbocycles. The quantitative estimate of drug-likeness (QED) is 0.876. The number of primary amides is 1. The molecule has 0 aliphatic heterocycles. The Morgan fingerprint density at radius 1 is 1.50 bits per heavy atom. The van der Waals surface area contributed by atoms with Crippen LogP contribution in [0, 0.1) is 0 Å². The fourth-order valence-corrected chi connectivity index (χ4v) is 1.42. The first-order chi connectivity index (χ1) is 7.41. The third kappa shape index (κ3) is 2.96. The molecule has 0 radical (unpaired) electrons. The number of ether oxygens (including phenoxy) is 1. The van der Waals surface area contributed by atoms with Gasteiger partial charge in [-0.2, -0.15) is 0 Å². The Morgan fingerprint density at radius 3 is 2.62 bits per heavy atom. The second kappa shape index (κ2) is 4.98. The van der Waals surface area contributed by atoms with Gasteiger partial charge in [0.05, 0.1) is 5.56 Å². The lowest BCUT2D eigenvalue weighted by Crippen LogP contribution is -2.30. The summed E-state index contributed by atoms with van der Waals surface area (Å²) in [6, 6.07) is 4.41. The van der Waals surface area contributed by atoms with E-state index < -0.39 is 18.0 Å². The fourth-order valence-electron chi connectivity index (χ4n) is 1.00. The Morgan fingerprint density at radius 2 is 2.12 bits per heavy atom. The zero-order valence-corrected chi connectivity index (χ0v) is 10.0. The van der Waals surface area contributed by atoms with Gasteiger partial charge in [-0.05, 0) is 41.1 Å². The van der Waals surface area contributed by atoms with E-state index in [1.807, 2.05) is 0 Å². The van der Waals surface area contributed by atoms with Gasteiger partial charge in [-0.3, -0.25) is 4.79 Å². The molecule has 1 unspecified atom stereocenters. The van der Waals surface area contributed by atoms with Crippen LogP contribution in [0.4, 0.5) is 0 Å². The average Bonchev–Trinajstić information content (AvgIpc) is 2.20. The van der Waals surface area contributed by atoms with E-state index in [-0.39, 0.29) is 11.3 Å². The van der Waals surface area contributed by atoms with Gasteiger partial charge in [0.15, 0.2) is 6.10 Å². The summed E-state index contributed by atoms with van der Waals surface area (Å²) in [4.78, 5) is 21.6. The third-order valence-electron chi connectivity index (χ3n) is 1.88. The van der Waals surface area contributed by atoms with E-state index in [1.165, 1.54) is 19.1 Å². The van der Waals surface area contributed by atoms with Crippen LogP contribution in [0.15, 0.2) is 22.7 Å². The Kier molecular flexibility index (Phi) is 3.89. The van der Waals surface area contributed by atoms with Gasteiger partial charge < -0.3 is 15.6 Å². The first-order valence-corrected chi connectivity index (χ1v) is 5.20. The molecule has 1 aromatic rings. The summed E-state index contributed by atoms with van der Waals surface area (Å²) in [6.45, 7) is 1.49. The second-order valence-electron chi connectivity index (χ2n) is 3.11. The minimum absolute atomic E-state index is 0.0640. The Hall–Kier alpha value is -1.56. The molecule has 86 valence electrons. The van der Waals surface area contributed by atoms with Crippen LogP contribution in [0.1, 0.15) is 17.3 Å². The lowest BCUT2D eigenvalue weighted by atomic mass is 10.2. The molecule has 0 aliphatic carbocycles. The minimum Gasteiger partial charge on any atom is -0.481 e. The fraction of sp³-hybridized carbons (Fsp3) is 0.200. The van der Waals surface area contributed by atoms with Gasteiger partial charge in [-0.15, -0.1) is 0 Å². The SMILES string of the molecule is CC(Oc1ccc(Br)c(C(=O)O)c1)C(N)=O. The molecule has 6 heteroatoms. The molecular formula is C10H10BrNO4. The summed E-state index contributed by atoms with van der Waals surface area (Å²) >= 11 is 3.10. The molecule has 0 heterocycles. The van der Waals surface area contributed by atoms with Gasteiger partial charge >= 0.3 is 5.97 Å². The molecule has 0 saturated carbocycles. The van der Waals surface area contributed by atoms with E-state index in [4.69, 9.17) is 15.6 Å². The van der Waals surface area contributed by atoms with Crippen LogP contribution >= 0.6 is 15.9 Å². The van der Waals surface area contributed by atoms with Crippen LogP contribution in [0.5, 0.6) is 5.75 Å². The first-order valence-electron chi connectivity index (χ1n) is 4.40. The number of carboxylic acid groups (broad SMARTS) is 1. The van der Waals surface area contributed by atoms with E-state index in [1.54, 1.807) is 6.07 Å². The second-order valence-corrected chi connectivity index (χ2v) is 3.96. The van der Waals surface area contributed by atoms with Gasteiger partial charge in [0, 0.05) is 4.47 Å². The summed E-state index contributed by atoms with van der Waals surface area (Å²) in [5, 5.41) is 8.86. The predicted octanol–water partition coefficient (Wildman–Crippen LogP) is 1.40. The Bertz CT molecular complexity index is 433. The lowest BCUT2D eigenvalue weighted by Gasteiger charge is -2.11. The van der Waals surface area contributed by atoms with Crippen molar-refractivity contribution in [3.63, 3.8) is 0 Å². The van der Waals surface area contributed by atoms with Gasteiger partial charge in [0.2, 0.25) is 0 Å². The molecule has 3 N–H and O–H groups in total. The summed E-state index contributed by atoms with van der Waals surface area (Å²) in [7, 11) is 0. The molecule has 0 aromatic heterocycles. The van der Waals surface area contributed by atoms with Crippen molar-refractivity contribution in [2.24, 2.45) is 5.73 Å². The van der Waals surface area contributed by atoms with E-state index in [0.717, 1.165) is 0 Å². The molecule has 16 heavy (non-hydrogen) atoms. The topological polar surface area (TPSA) is 89.6 Å². The number of amides is 1. The average molecular weight is 288 g/mol. The number of nitrogens with two attached hydrogens (primary N) is 1. The molecule has 1 amide bonds. The van der Waals surface area contributed by atoms with Gasteiger partial charge in [0.25, 0.3) is 5.91 Å². The van der Waals surface area contributed by atoms with E-state index >= 15 is 0 Å². The smallest absolute Gasteiger partial charge is 0.336 e. The molecular weight excluding hydrogens is 278 g/mol. The van der Waals surface area contributed by atoms with Crippen molar-refractivity contribution < 1.29 is 19.4 Å². The number of benzene rings is 1. The molecule has 0 bridgehead atoms. The van der Waals surface area contributed by atoms with Crippen molar-refractivity contribution in [3.05, 3.63) is 28.2 Å². The Balaban J connectivity index is 2.95. The largest absolute Gasteiger partial charge is 0.481 e.